The highest BCUT2D eigenvalue weighted by molar-refractivity contribution is 5.98. The van der Waals surface area contributed by atoms with Crippen LogP contribution in [-0.2, 0) is 4.79 Å². The zero-order valence-electron chi connectivity index (χ0n) is 14.4. The fourth-order valence-electron chi connectivity index (χ4n) is 3.26. The summed E-state index contributed by atoms with van der Waals surface area (Å²) in [5, 5.41) is 0. The second-order valence-electron chi connectivity index (χ2n) is 6.48. The van der Waals surface area contributed by atoms with Gasteiger partial charge in [0.1, 0.15) is 0 Å². The van der Waals surface area contributed by atoms with Crippen molar-refractivity contribution in [3.05, 3.63) is 23.8 Å². The predicted molar refractivity (Wildman–Crippen MR) is 89.3 cm³/mol. The van der Waals surface area contributed by atoms with E-state index in [9.17, 15) is 9.59 Å². The quantitative estimate of drug-likeness (QED) is 0.841. The van der Waals surface area contributed by atoms with Crippen molar-refractivity contribution in [1.82, 2.24) is 9.80 Å². The SMILES string of the molecule is COc1cccc(C(=O)N2CCN(C(=O)[C@@H]3C[C@H]3C)CC2)c1OC. The van der Waals surface area contributed by atoms with Crippen LogP contribution in [0.1, 0.15) is 23.7 Å². The maximum absolute atomic E-state index is 12.8. The summed E-state index contributed by atoms with van der Waals surface area (Å²) < 4.78 is 10.6. The van der Waals surface area contributed by atoms with E-state index >= 15 is 0 Å². The Bertz CT molecular complexity index is 638. The zero-order valence-corrected chi connectivity index (χ0v) is 14.4. The molecule has 0 aromatic heterocycles. The first-order valence-electron chi connectivity index (χ1n) is 8.35. The molecule has 0 radical (unpaired) electrons. The van der Waals surface area contributed by atoms with Gasteiger partial charge in [0.25, 0.3) is 5.91 Å². The Hall–Kier alpha value is -2.24. The Kier molecular flexibility index (Phi) is 4.64. The topological polar surface area (TPSA) is 59.1 Å². The molecule has 2 amide bonds. The average Bonchev–Trinajstić information content (AvgIpc) is 3.36. The summed E-state index contributed by atoms with van der Waals surface area (Å²) in [6, 6.07) is 5.29. The van der Waals surface area contributed by atoms with Crippen LogP contribution in [-0.4, -0.2) is 62.0 Å². The number of nitrogens with zero attached hydrogens (tertiary/aromatic N) is 2. The van der Waals surface area contributed by atoms with Crippen molar-refractivity contribution in [3.63, 3.8) is 0 Å². The maximum atomic E-state index is 12.8. The Morgan fingerprint density at radius 3 is 2.21 bits per heavy atom. The molecule has 1 saturated carbocycles. The highest BCUT2D eigenvalue weighted by Crippen LogP contribution is 2.39. The van der Waals surface area contributed by atoms with Crippen molar-refractivity contribution in [2.24, 2.45) is 11.8 Å². The van der Waals surface area contributed by atoms with Crippen LogP contribution in [0.15, 0.2) is 18.2 Å². The molecule has 1 aliphatic heterocycles. The third kappa shape index (κ3) is 3.05. The number of carbonyl (C=O) groups excluding carboxylic acids is 2. The molecule has 1 aliphatic carbocycles. The largest absolute Gasteiger partial charge is 0.493 e. The van der Waals surface area contributed by atoms with Gasteiger partial charge >= 0.3 is 0 Å². The van der Waals surface area contributed by atoms with Gasteiger partial charge in [-0.15, -0.1) is 0 Å². The number of ether oxygens (including phenoxy) is 2. The number of amides is 2. The summed E-state index contributed by atoms with van der Waals surface area (Å²) in [6.45, 7) is 4.40. The standard InChI is InChI=1S/C18H24N2O4/c1-12-11-14(12)18(22)20-9-7-19(8-10-20)17(21)13-5-4-6-15(23-2)16(13)24-3/h4-6,12,14H,7-11H2,1-3H3/t12-,14-/m1/s1. The smallest absolute Gasteiger partial charge is 0.257 e. The van der Waals surface area contributed by atoms with Gasteiger partial charge in [-0.1, -0.05) is 13.0 Å². The van der Waals surface area contributed by atoms with Gasteiger partial charge in [0, 0.05) is 32.1 Å². The molecule has 6 nitrogen and oxygen atoms in total. The highest BCUT2D eigenvalue weighted by atomic mass is 16.5. The summed E-state index contributed by atoms with van der Waals surface area (Å²) in [5.41, 5.74) is 0.493. The van der Waals surface area contributed by atoms with Crippen LogP contribution in [0.3, 0.4) is 0 Å². The summed E-state index contributed by atoms with van der Waals surface area (Å²) in [5.74, 6) is 1.87. The number of piperazine rings is 1. The van der Waals surface area contributed by atoms with Crippen LogP contribution in [0.25, 0.3) is 0 Å². The molecule has 1 aromatic carbocycles. The molecule has 3 rings (SSSR count). The Labute approximate surface area is 142 Å². The number of methoxy groups -OCH3 is 2. The lowest BCUT2D eigenvalue weighted by molar-refractivity contribution is -0.134. The molecule has 0 N–H and O–H groups in total. The van der Waals surface area contributed by atoms with Crippen LogP contribution < -0.4 is 9.47 Å². The molecule has 2 fully saturated rings. The van der Waals surface area contributed by atoms with Crippen LogP contribution in [0.5, 0.6) is 11.5 Å². The third-order valence-electron chi connectivity index (χ3n) is 4.94. The maximum Gasteiger partial charge on any atom is 0.257 e. The van der Waals surface area contributed by atoms with E-state index in [1.807, 2.05) is 4.90 Å². The Morgan fingerprint density at radius 1 is 1.04 bits per heavy atom. The van der Waals surface area contributed by atoms with E-state index in [1.54, 1.807) is 30.2 Å². The highest BCUT2D eigenvalue weighted by Gasteiger charge is 2.42. The zero-order chi connectivity index (χ0) is 17.3. The van der Waals surface area contributed by atoms with Crippen LogP contribution >= 0.6 is 0 Å². The van der Waals surface area contributed by atoms with Crippen molar-refractivity contribution in [2.45, 2.75) is 13.3 Å². The van der Waals surface area contributed by atoms with Gasteiger partial charge in [-0.25, -0.2) is 0 Å². The molecule has 24 heavy (non-hydrogen) atoms. The van der Waals surface area contributed by atoms with Gasteiger partial charge in [0.2, 0.25) is 5.91 Å². The van der Waals surface area contributed by atoms with Gasteiger partial charge in [-0.05, 0) is 24.5 Å². The van der Waals surface area contributed by atoms with Crippen LogP contribution in [0.4, 0.5) is 0 Å². The minimum absolute atomic E-state index is 0.0855. The summed E-state index contributed by atoms with van der Waals surface area (Å²) in [4.78, 5) is 28.8. The number of para-hydroxylation sites is 1. The molecule has 0 spiro atoms. The number of carbonyl (C=O) groups is 2. The molecular weight excluding hydrogens is 308 g/mol. The number of hydrogen-bond acceptors (Lipinski definition) is 4. The second-order valence-corrected chi connectivity index (χ2v) is 6.48. The minimum Gasteiger partial charge on any atom is -0.493 e. The average molecular weight is 332 g/mol. The lowest BCUT2D eigenvalue weighted by atomic mass is 10.1. The molecule has 1 aromatic rings. The lowest BCUT2D eigenvalue weighted by Crippen LogP contribution is -2.51. The van der Waals surface area contributed by atoms with E-state index in [0.29, 0.717) is 49.2 Å². The van der Waals surface area contributed by atoms with Gasteiger partial charge < -0.3 is 19.3 Å². The van der Waals surface area contributed by atoms with Crippen LogP contribution in [0, 0.1) is 11.8 Å². The number of rotatable bonds is 4. The molecule has 1 heterocycles. The Balaban J connectivity index is 1.66. The molecule has 130 valence electrons. The molecule has 2 aliphatic rings. The normalized spacial score (nSPS) is 23.0. The lowest BCUT2D eigenvalue weighted by Gasteiger charge is -2.35. The van der Waals surface area contributed by atoms with E-state index in [4.69, 9.17) is 9.47 Å². The summed E-state index contributed by atoms with van der Waals surface area (Å²) >= 11 is 0. The molecule has 0 unspecified atom stereocenters. The van der Waals surface area contributed by atoms with E-state index in [1.165, 1.54) is 7.11 Å². The van der Waals surface area contributed by atoms with E-state index < -0.39 is 0 Å². The second kappa shape index (κ2) is 6.71. The first-order valence-corrected chi connectivity index (χ1v) is 8.35. The minimum atomic E-state index is -0.0855. The molecule has 6 heteroatoms. The summed E-state index contributed by atoms with van der Waals surface area (Å²) in [6.07, 6.45) is 0.999. The molecule has 0 bridgehead atoms. The van der Waals surface area contributed by atoms with Gasteiger partial charge in [0.05, 0.1) is 19.8 Å². The fourth-order valence-corrected chi connectivity index (χ4v) is 3.26. The van der Waals surface area contributed by atoms with Gasteiger partial charge in [0.15, 0.2) is 11.5 Å². The van der Waals surface area contributed by atoms with E-state index in [-0.39, 0.29) is 17.7 Å². The first-order chi connectivity index (χ1) is 11.6. The monoisotopic (exact) mass is 332 g/mol. The van der Waals surface area contributed by atoms with E-state index in [2.05, 4.69) is 6.92 Å². The third-order valence-corrected chi connectivity index (χ3v) is 4.94. The molecular formula is C18H24N2O4. The van der Waals surface area contributed by atoms with Crippen molar-refractivity contribution in [1.29, 1.82) is 0 Å². The van der Waals surface area contributed by atoms with Gasteiger partial charge in [-0.2, -0.15) is 0 Å². The fraction of sp³-hybridized carbons (Fsp3) is 0.556. The van der Waals surface area contributed by atoms with Crippen molar-refractivity contribution < 1.29 is 19.1 Å². The number of hydrogen-bond donors (Lipinski definition) is 0. The number of benzene rings is 1. The molecule has 1 saturated heterocycles. The Morgan fingerprint density at radius 2 is 1.67 bits per heavy atom. The van der Waals surface area contributed by atoms with Crippen molar-refractivity contribution in [2.75, 3.05) is 40.4 Å². The van der Waals surface area contributed by atoms with Crippen molar-refractivity contribution in [3.8, 4) is 11.5 Å². The predicted octanol–water partition coefficient (Wildman–Crippen LogP) is 1.64. The van der Waals surface area contributed by atoms with Crippen molar-refractivity contribution >= 4 is 11.8 Å². The first kappa shape index (κ1) is 16.6. The van der Waals surface area contributed by atoms with Gasteiger partial charge in [-0.3, -0.25) is 9.59 Å². The van der Waals surface area contributed by atoms with E-state index in [0.717, 1.165) is 6.42 Å². The summed E-state index contributed by atoms with van der Waals surface area (Å²) in [7, 11) is 3.08. The van der Waals surface area contributed by atoms with Crippen LogP contribution in [0.2, 0.25) is 0 Å². The molecule has 2 atom stereocenters.